The quantitative estimate of drug-likeness (QED) is 0.719. The number of carbonyl (C=O) groups excluding carboxylic acids is 1. The molecule has 0 aromatic heterocycles. The van der Waals surface area contributed by atoms with E-state index < -0.39 is 0 Å². The van der Waals surface area contributed by atoms with Crippen LogP contribution in [-0.4, -0.2) is 43.9 Å². The van der Waals surface area contributed by atoms with Crippen LogP contribution in [0.15, 0.2) is 0 Å². The Hall–Kier alpha value is -0.650. The third kappa shape index (κ3) is 5.04. The second kappa shape index (κ2) is 7.96. The first-order valence-corrected chi connectivity index (χ1v) is 7.91. The van der Waals surface area contributed by atoms with Gasteiger partial charge in [-0.1, -0.05) is 0 Å². The van der Waals surface area contributed by atoms with Gasteiger partial charge in [-0.15, -0.1) is 0 Å². The van der Waals surface area contributed by atoms with Crippen molar-refractivity contribution in [2.45, 2.75) is 63.7 Å². The zero-order chi connectivity index (χ0) is 14.4. The smallest absolute Gasteiger partial charge is 0.225 e. The Morgan fingerprint density at radius 1 is 1.35 bits per heavy atom. The minimum Gasteiger partial charge on any atom is -0.378 e. The molecule has 2 aliphatic rings. The van der Waals surface area contributed by atoms with Crippen LogP contribution >= 0.6 is 0 Å². The van der Waals surface area contributed by atoms with Crippen LogP contribution in [0.2, 0.25) is 0 Å². The number of nitrogens with two attached hydrogens (primary N) is 1. The average molecular weight is 284 g/mol. The lowest BCUT2D eigenvalue weighted by Crippen LogP contribution is -2.33. The van der Waals surface area contributed by atoms with E-state index in [2.05, 4.69) is 5.32 Å². The van der Waals surface area contributed by atoms with Crippen LogP contribution in [0.5, 0.6) is 0 Å². The van der Waals surface area contributed by atoms with Crippen LogP contribution in [-0.2, 0) is 14.3 Å². The van der Waals surface area contributed by atoms with Gasteiger partial charge in [-0.25, -0.2) is 0 Å². The summed E-state index contributed by atoms with van der Waals surface area (Å²) in [6, 6.07) is 0.366. The molecule has 2 fully saturated rings. The molecule has 0 radical (unpaired) electrons. The molecule has 0 aromatic carbocycles. The van der Waals surface area contributed by atoms with Crippen LogP contribution in [0, 0.1) is 5.92 Å². The summed E-state index contributed by atoms with van der Waals surface area (Å²) in [7, 11) is 0. The Balaban J connectivity index is 1.48. The fraction of sp³-hybridized carbons (Fsp3) is 0.933. The number of rotatable bonds is 6. The highest BCUT2D eigenvalue weighted by Gasteiger charge is 2.27. The van der Waals surface area contributed by atoms with E-state index in [1.165, 1.54) is 0 Å². The van der Waals surface area contributed by atoms with Gasteiger partial charge >= 0.3 is 0 Å². The molecular formula is C15H28N2O3. The first kappa shape index (κ1) is 15.7. The van der Waals surface area contributed by atoms with E-state index in [4.69, 9.17) is 15.2 Å². The first-order chi connectivity index (χ1) is 9.65. The topological polar surface area (TPSA) is 73.6 Å². The summed E-state index contributed by atoms with van der Waals surface area (Å²) >= 11 is 0. The van der Waals surface area contributed by atoms with Gasteiger partial charge in [0.1, 0.15) is 0 Å². The molecule has 1 aliphatic heterocycles. The predicted molar refractivity (Wildman–Crippen MR) is 77.3 cm³/mol. The molecule has 116 valence electrons. The van der Waals surface area contributed by atoms with Crippen LogP contribution in [0.4, 0.5) is 0 Å². The molecule has 0 aromatic rings. The molecule has 0 spiro atoms. The zero-order valence-electron chi connectivity index (χ0n) is 12.5. The lowest BCUT2D eigenvalue weighted by molar-refractivity contribution is -0.125. The van der Waals surface area contributed by atoms with Crippen LogP contribution in [0.3, 0.4) is 0 Å². The third-order valence-electron chi connectivity index (χ3n) is 4.26. The van der Waals surface area contributed by atoms with Crippen LogP contribution in [0.1, 0.15) is 45.4 Å². The molecule has 2 unspecified atom stereocenters. The standard InChI is InChI=1S/C15H28N2O3/c1-11-9-12(10-20-11)15(18)17-7-2-8-19-14-5-3-13(16)4-6-14/h11-14H,2-10,16H2,1H3,(H,17,18). The lowest BCUT2D eigenvalue weighted by atomic mass is 9.94. The van der Waals surface area contributed by atoms with Gasteiger partial charge in [-0.2, -0.15) is 0 Å². The molecule has 1 aliphatic carbocycles. The molecule has 1 heterocycles. The summed E-state index contributed by atoms with van der Waals surface area (Å²) in [4.78, 5) is 11.8. The van der Waals surface area contributed by atoms with E-state index in [0.717, 1.165) is 45.1 Å². The maximum Gasteiger partial charge on any atom is 0.225 e. The van der Waals surface area contributed by atoms with Crippen LogP contribution < -0.4 is 11.1 Å². The molecule has 2 atom stereocenters. The van der Waals surface area contributed by atoms with E-state index in [-0.39, 0.29) is 17.9 Å². The monoisotopic (exact) mass is 284 g/mol. The highest BCUT2D eigenvalue weighted by molar-refractivity contribution is 5.79. The van der Waals surface area contributed by atoms with Gasteiger partial charge in [0.15, 0.2) is 0 Å². The molecular weight excluding hydrogens is 256 g/mol. The summed E-state index contributed by atoms with van der Waals surface area (Å²) in [5.74, 6) is 0.156. The van der Waals surface area contributed by atoms with Crippen LogP contribution in [0.25, 0.3) is 0 Å². The number of ether oxygens (including phenoxy) is 2. The Morgan fingerprint density at radius 2 is 2.10 bits per heavy atom. The average Bonchev–Trinajstić information content (AvgIpc) is 2.87. The fourth-order valence-electron chi connectivity index (χ4n) is 2.93. The van der Waals surface area contributed by atoms with Crippen molar-refractivity contribution in [3.05, 3.63) is 0 Å². The third-order valence-corrected chi connectivity index (χ3v) is 4.26. The molecule has 5 heteroatoms. The number of nitrogens with one attached hydrogen (secondary N) is 1. The Morgan fingerprint density at radius 3 is 2.75 bits per heavy atom. The molecule has 2 rings (SSSR count). The van der Waals surface area contributed by atoms with Gasteiger partial charge in [-0.3, -0.25) is 4.79 Å². The summed E-state index contributed by atoms with van der Waals surface area (Å²) in [6.45, 7) is 3.98. The minimum absolute atomic E-state index is 0.0331. The molecule has 1 amide bonds. The van der Waals surface area contributed by atoms with Gasteiger partial charge in [0.25, 0.3) is 0 Å². The zero-order valence-corrected chi connectivity index (χ0v) is 12.5. The van der Waals surface area contributed by atoms with Gasteiger partial charge < -0.3 is 20.5 Å². The first-order valence-electron chi connectivity index (χ1n) is 7.91. The van der Waals surface area contributed by atoms with Gasteiger partial charge in [-0.05, 0) is 45.4 Å². The van der Waals surface area contributed by atoms with Gasteiger partial charge in [0, 0.05) is 19.2 Å². The summed E-state index contributed by atoms with van der Waals surface area (Å²) < 4.78 is 11.2. The van der Waals surface area contributed by atoms with E-state index in [1.54, 1.807) is 0 Å². The number of amides is 1. The summed E-state index contributed by atoms with van der Waals surface area (Å²) in [5.41, 5.74) is 5.86. The molecule has 5 nitrogen and oxygen atoms in total. The fourth-order valence-corrected chi connectivity index (χ4v) is 2.93. The van der Waals surface area contributed by atoms with Gasteiger partial charge in [0.05, 0.1) is 24.7 Å². The number of hydrogen-bond donors (Lipinski definition) is 2. The van der Waals surface area contributed by atoms with Gasteiger partial charge in [0.2, 0.25) is 5.91 Å². The van der Waals surface area contributed by atoms with E-state index in [0.29, 0.717) is 25.3 Å². The van der Waals surface area contributed by atoms with E-state index in [1.807, 2.05) is 6.92 Å². The Labute approximate surface area is 121 Å². The SMILES string of the molecule is CC1CC(C(=O)NCCCOC2CCC(N)CC2)CO1. The van der Waals surface area contributed by atoms with Crippen molar-refractivity contribution >= 4 is 5.91 Å². The normalized spacial score (nSPS) is 34.1. The Kier molecular flexibility index (Phi) is 6.26. The molecule has 0 bridgehead atoms. The van der Waals surface area contributed by atoms with Crippen molar-refractivity contribution in [3.8, 4) is 0 Å². The molecule has 3 N–H and O–H groups in total. The number of carbonyl (C=O) groups is 1. The Bertz CT molecular complexity index is 303. The van der Waals surface area contributed by atoms with Crippen molar-refractivity contribution in [3.63, 3.8) is 0 Å². The maximum absolute atomic E-state index is 11.8. The molecule has 1 saturated carbocycles. The molecule has 20 heavy (non-hydrogen) atoms. The highest BCUT2D eigenvalue weighted by Crippen LogP contribution is 2.20. The second-order valence-electron chi connectivity index (χ2n) is 6.13. The van der Waals surface area contributed by atoms with Crippen molar-refractivity contribution in [1.82, 2.24) is 5.32 Å². The largest absolute Gasteiger partial charge is 0.378 e. The molecule has 1 saturated heterocycles. The van der Waals surface area contributed by atoms with E-state index >= 15 is 0 Å². The van der Waals surface area contributed by atoms with Crippen molar-refractivity contribution in [2.24, 2.45) is 11.7 Å². The second-order valence-corrected chi connectivity index (χ2v) is 6.13. The maximum atomic E-state index is 11.8. The summed E-state index contributed by atoms with van der Waals surface area (Å²) in [5, 5.41) is 2.97. The van der Waals surface area contributed by atoms with Crippen molar-refractivity contribution in [2.75, 3.05) is 19.8 Å². The minimum atomic E-state index is 0.0331. The van der Waals surface area contributed by atoms with E-state index in [9.17, 15) is 4.79 Å². The highest BCUT2D eigenvalue weighted by atomic mass is 16.5. The predicted octanol–water partition coefficient (Wildman–Crippen LogP) is 1.20. The van der Waals surface area contributed by atoms with Crippen molar-refractivity contribution < 1.29 is 14.3 Å². The lowest BCUT2D eigenvalue weighted by Gasteiger charge is -2.26. The summed E-state index contributed by atoms with van der Waals surface area (Å²) in [6.07, 6.45) is 6.58. The van der Waals surface area contributed by atoms with Crippen molar-refractivity contribution in [1.29, 1.82) is 0 Å². The number of hydrogen-bond acceptors (Lipinski definition) is 4.